The number of ether oxygens (including phenoxy) is 1. The molecule has 0 spiro atoms. The van der Waals surface area contributed by atoms with Crippen LogP contribution in [0, 0.1) is 11.8 Å². The fourth-order valence-electron chi connectivity index (χ4n) is 1.21. The summed E-state index contributed by atoms with van der Waals surface area (Å²) in [5, 5.41) is 0.0459. The molecule has 0 radical (unpaired) electrons. The first kappa shape index (κ1) is 14.3. The van der Waals surface area contributed by atoms with E-state index in [1.165, 1.54) is 18.7 Å². The lowest BCUT2D eigenvalue weighted by atomic mass is 10.1. The molecule has 0 amide bonds. The van der Waals surface area contributed by atoms with E-state index in [1.54, 1.807) is 25.1 Å². The van der Waals surface area contributed by atoms with E-state index in [4.69, 9.17) is 4.74 Å². The van der Waals surface area contributed by atoms with Gasteiger partial charge in [-0.25, -0.2) is 4.79 Å². The van der Waals surface area contributed by atoms with Crippen molar-refractivity contribution in [2.75, 3.05) is 12.4 Å². The highest BCUT2D eigenvalue weighted by atomic mass is 32.2. The second-order valence-electron chi connectivity index (χ2n) is 3.38. The monoisotopic (exact) mass is 262 g/mol. The molecule has 94 valence electrons. The quantitative estimate of drug-likeness (QED) is 0.620. The Morgan fingerprint density at radius 3 is 2.83 bits per heavy atom. The first-order chi connectivity index (χ1) is 8.63. The van der Waals surface area contributed by atoms with Crippen LogP contribution in [0.25, 0.3) is 0 Å². The van der Waals surface area contributed by atoms with Gasteiger partial charge in [0.15, 0.2) is 5.12 Å². The van der Waals surface area contributed by atoms with Gasteiger partial charge in [-0.15, -0.1) is 0 Å². The molecule has 1 aromatic carbocycles. The molecule has 0 aliphatic rings. The summed E-state index contributed by atoms with van der Waals surface area (Å²) in [6.07, 6.45) is 0. The SMILES string of the molecule is CCOC(=O)c1cccc(C#CCSC(C)=O)c1. The van der Waals surface area contributed by atoms with E-state index in [9.17, 15) is 9.59 Å². The Hall–Kier alpha value is -1.73. The van der Waals surface area contributed by atoms with E-state index in [0.717, 1.165) is 5.56 Å². The molecule has 1 aromatic rings. The van der Waals surface area contributed by atoms with Gasteiger partial charge in [0.05, 0.1) is 17.9 Å². The summed E-state index contributed by atoms with van der Waals surface area (Å²) in [6, 6.07) is 6.94. The molecule has 0 fully saturated rings. The average molecular weight is 262 g/mol. The number of rotatable bonds is 3. The maximum atomic E-state index is 11.5. The van der Waals surface area contributed by atoms with Gasteiger partial charge >= 0.3 is 5.97 Å². The minimum absolute atomic E-state index is 0.0459. The van der Waals surface area contributed by atoms with Crippen molar-refractivity contribution in [3.63, 3.8) is 0 Å². The zero-order valence-electron chi connectivity index (χ0n) is 10.4. The molecule has 0 N–H and O–H groups in total. The first-order valence-corrected chi connectivity index (χ1v) is 6.51. The third kappa shape index (κ3) is 5.07. The highest BCUT2D eigenvalue weighted by Crippen LogP contribution is 2.06. The summed E-state index contributed by atoms with van der Waals surface area (Å²) < 4.78 is 4.90. The molecule has 0 bridgehead atoms. The van der Waals surface area contributed by atoms with Crippen molar-refractivity contribution in [3.05, 3.63) is 35.4 Å². The summed E-state index contributed by atoms with van der Waals surface area (Å²) in [6.45, 7) is 3.62. The van der Waals surface area contributed by atoms with Gasteiger partial charge in [0.2, 0.25) is 0 Å². The zero-order chi connectivity index (χ0) is 13.4. The fraction of sp³-hybridized carbons (Fsp3) is 0.286. The minimum atomic E-state index is -0.348. The number of carbonyl (C=O) groups excluding carboxylic acids is 2. The van der Waals surface area contributed by atoms with Crippen LogP contribution in [0.4, 0.5) is 0 Å². The van der Waals surface area contributed by atoms with E-state index in [2.05, 4.69) is 11.8 Å². The Kier molecular flexibility index (Phi) is 6.03. The molecule has 0 aliphatic heterocycles. The summed E-state index contributed by atoms with van der Waals surface area (Å²) in [7, 11) is 0. The van der Waals surface area contributed by atoms with Gasteiger partial charge in [0, 0.05) is 12.5 Å². The second-order valence-corrected chi connectivity index (χ2v) is 4.54. The van der Waals surface area contributed by atoms with Crippen molar-refractivity contribution in [3.8, 4) is 11.8 Å². The normalized spacial score (nSPS) is 9.22. The minimum Gasteiger partial charge on any atom is -0.462 e. The third-order valence-corrected chi connectivity index (χ3v) is 2.65. The number of benzene rings is 1. The van der Waals surface area contributed by atoms with E-state index >= 15 is 0 Å². The zero-order valence-corrected chi connectivity index (χ0v) is 11.2. The fourth-order valence-corrected chi connectivity index (χ4v) is 1.56. The molecular formula is C14H14O3S. The van der Waals surface area contributed by atoms with Crippen molar-refractivity contribution in [2.24, 2.45) is 0 Å². The van der Waals surface area contributed by atoms with Gasteiger partial charge in [-0.2, -0.15) is 0 Å². The molecule has 0 aliphatic carbocycles. The van der Waals surface area contributed by atoms with E-state index in [0.29, 0.717) is 17.9 Å². The van der Waals surface area contributed by atoms with Crippen LogP contribution in [0.1, 0.15) is 29.8 Å². The lowest BCUT2D eigenvalue weighted by Crippen LogP contribution is -2.04. The topological polar surface area (TPSA) is 43.4 Å². The van der Waals surface area contributed by atoms with Gasteiger partial charge < -0.3 is 4.74 Å². The average Bonchev–Trinajstić information content (AvgIpc) is 2.35. The maximum absolute atomic E-state index is 11.5. The van der Waals surface area contributed by atoms with Crippen LogP contribution >= 0.6 is 11.8 Å². The molecule has 0 saturated heterocycles. The Morgan fingerprint density at radius 1 is 1.39 bits per heavy atom. The number of esters is 1. The Labute approximate surface area is 111 Å². The Balaban J connectivity index is 2.70. The molecule has 0 heterocycles. The lowest BCUT2D eigenvalue weighted by Gasteiger charge is -2.01. The number of hydrogen-bond acceptors (Lipinski definition) is 4. The predicted molar refractivity (Wildman–Crippen MR) is 72.4 cm³/mol. The molecule has 0 unspecified atom stereocenters. The highest BCUT2D eigenvalue weighted by Gasteiger charge is 2.05. The summed E-state index contributed by atoms with van der Waals surface area (Å²) in [5.41, 5.74) is 1.23. The van der Waals surface area contributed by atoms with Gasteiger partial charge in [0.25, 0.3) is 0 Å². The Bertz CT molecular complexity index is 497. The molecule has 3 nitrogen and oxygen atoms in total. The van der Waals surface area contributed by atoms with Crippen LogP contribution in [-0.2, 0) is 9.53 Å². The van der Waals surface area contributed by atoms with Crippen molar-refractivity contribution < 1.29 is 14.3 Å². The van der Waals surface area contributed by atoms with Crippen LogP contribution in [0.15, 0.2) is 24.3 Å². The summed E-state index contributed by atoms with van der Waals surface area (Å²) in [5.74, 6) is 5.89. The molecule has 0 aromatic heterocycles. The molecular weight excluding hydrogens is 248 g/mol. The summed E-state index contributed by atoms with van der Waals surface area (Å²) in [4.78, 5) is 22.2. The van der Waals surface area contributed by atoms with Crippen molar-refractivity contribution in [2.45, 2.75) is 13.8 Å². The van der Waals surface area contributed by atoms with Gasteiger partial charge in [0.1, 0.15) is 0 Å². The van der Waals surface area contributed by atoms with Crippen LogP contribution in [-0.4, -0.2) is 23.4 Å². The van der Waals surface area contributed by atoms with Crippen LogP contribution < -0.4 is 0 Å². The smallest absolute Gasteiger partial charge is 0.338 e. The van der Waals surface area contributed by atoms with Gasteiger partial charge in [-0.3, -0.25) is 4.79 Å². The van der Waals surface area contributed by atoms with E-state index < -0.39 is 0 Å². The Morgan fingerprint density at radius 2 is 2.17 bits per heavy atom. The number of thioether (sulfide) groups is 1. The van der Waals surface area contributed by atoms with Crippen molar-refractivity contribution in [1.82, 2.24) is 0 Å². The van der Waals surface area contributed by atoms with Crippen molar-refractivity contribution in [1.29, 1.82) is 0 Å². The lowest BCUT2D eigenvalue weighted by molar-refractivity contribution is -0.109. The van der Waals surface area contributed by atoms with E-state index in [-0.39, 0.29) is 11.1 Å². The first-order valence-electron chi connectivity index (χ1n) is 5.53. The number of carbonyl (C=O) groups is 2. The standard InChI is InChI=1S/C14H14O3S/c1-3-17-14(16)13-8-4-6-12(10-13)7-5-9-18-11(2)15/h4,6,8,10H,3,9H2,1-2H3. The summed E-state index contributed by atoms with van der Waals surface area (Å²) >= 11 is 1.17. The molecule has 4 heteroatoms. The predicted octanol–water partition coefficient (Wildman–Crippen LogP) is 2.49. The van der Waals surface area contributed by atoms with E-state index in [1.807, 2.05) is 6.07 Å². The second kappa shape index (κ2) is 7.57. The molecule has 0 atom stereocenters. The van der Waals surface area contributed by atoms with Gasteiger partial charge in [-0.1, -0.05) is 29.7 Å². The number of hydrogen-bond donors (Lipinski definition) is 0. The third-order valence-electron chi connectivity index (χ3n) is 1.95. The van der Waals surface area contributed by atoms with Crippen molar-refractivity contribution >= 4 is 22.8 Å². The molecule has 18 heavy (non-hydrogen) atoms. The largest absolute Gasteiger partial charge is 0.462 e. The van der Waals surface area contributed by atoms with Gasteiger partial charge in [-0.05, 0) is 25.1 Å². The maximum Gasteiger partial charge on any atom is 0.338 e. The van der Waals surface area contributed by atoms with Crippen LogP contribution in [0.5, 0.6) is 0 Å². The van der Waals surface area contributed by atoms with Crippen LogP contribution in [0.3, 0.4) is 0 Å². The van der Waals surface area contributed by atoms with Crippen LogP contribution in [0.2, 0.25) is 0 Å². The molecule has 1 rings (SSSR count). The highest BCUT2D eigenvalue weighted by molar-refractivity contribution is 8.13. The molecule has 0 saturated carbocycles.